The van der Waals surface area contributed by atoms with Gasteiger partial charge in [-0.1, -0.05) is 18.2 Å². The average molecular weight is 489 g/mol. The first-order valence-electron chi connectivity index (χ1n) is 10.4. The maximum atomic E-state index is 13.0. The van der Waals surface area contributed by atoms with Crippen molar-refractivity contribution in [2.24, 2.45) is 0 Å². The minimum atomic E-state index is -3.71. The van der Waals surface area contributed by atoms with Gasteiger partial charge in [-0.15, -0.1) is 11.3 Å². The van der Waals surface area contributed by atoms with Crippen LogP contribution in [0.15, 0.2) is 53.4 Å². The number of fused-ring (bicyclic) bond motifs is 1. The van der Waals surface area contributed by atoms with Gasteiger partial charge < -0.3 is 14.8 Å². The summed E-state index contributed by atoms with van der Waals surface area (Å²) in [5.74, 6) is -0.997. The lowest BCUT2D eigenvalue weighted by Crippen LogP contribution is -2.48. The first-order chi connectivity index (χ1) is 15.7. The molecular formula is C23H24N2O6S2. The van der Waals surface area contributed by atoms with Crippen molar-refractivity contribution >= 4 is 49.0 Å². The third-order valence-corrected chi connectivity index (χ3v) is 8.34. The highest BCUT2D eigenvalue weighted by molar-refractivity contribution is 7.89. The SMILES string of the molecule is COC(=O)c1sc2ccccc2c1NC(=O)c1ccc(S(=O)(=O)N2C[C@H](C)O[C@@H](C)C2)cc1. The quantitative estimate of drug-likeness (QED) is 0.549. The lowest BCUT2D eigenvalue weighted by molar-refractivity contribution is -0.0440. The summed E-state index contributed by atoms with van der Waals surface area (Å²) >= 11 is 1.23. The number of hydrogen-bond acceptors (Lipinski definition) is 7. The number of ether oxygens (including phenoxy) is 2. The van der Waals surface area contributed by atoms with Crippen LogP contribution in [-0.4, -0.2) is 57.0 Å². The Balaban J connectivity index is 1.58. The molecule has 2 atom stereocenters. The molecule has 1 aliphatic rings. The number of nitrogens with one attached hydrogen (secondary N) is 1. The van der Waals surface area contributed by atoms with Crippen LogP contribution in [0.5, 0.6) is 0 Å². The summed E-state index contributed by atoms with van der Waals surface area (Å²) in [6.07, 6.45) is -0.393. The van der Waals surface area contributed by atoms with E-state index < -0.39 is 21.9 Å². The van der Waals surface area contributed by atoms with Gasteiger partial charge in [-0.3, -0.25) is 4.79 Å². The van der Waals surface area contributed by atoms with Crippen molar-refractivity contribution in [3.8, 4) is 0 Å². The molecule has 8 nitrogen and oxygen atoms in total. The fourth-order valence-corrected chi connectivity index (χ4v) is 6.51. The minimum Gasteiger partial charge on any atom is -0.465 e. The molecule has 2 aromatic carbocycles. The number of anilines is 1. The van der Waals surface area contributed by atoms with Crippen LogP contribution in [0.4, 0.5) is 5.69 Å². The largest absolute Gasteiger partial charge is 0.465 e. The van der Waals surface area contributed by atoms with Crippen LogP contribution in [0.1, 0.15) is 33.9 Å². The smallest absolute Gasteiger partial charge is 0.350 e. The van der Waals surface area contributed by atoms with E-state index >= 15 is 0 Å². The van der Waals surface area contributed by atoms with Gasteiger partial charge in [0.2, 0.25) is 10.0 Å². The Hall–Kier alpha value is -2.79. The molecule has 2 heterocycles. The van der Waals surface area contributed by atoms with E-state index in [4.69, 9.17) is 9.47 Å². The number of methoxy groups -OCH3 is 1. The van der Waals surface area contributed by atoms with Crippen molar-refractivity contribution in [1.82, 2.24) is 4.31 Å². The van der Waals surface area contributed by atoms with Gasteiger partial charge in [0.25, 0.3) is 5.91 Å². The van der Waals surface area contributed by atoms with Gasteiger partial charge in [0, 0.05) is 28.7 Å². The van der Waals surface area contributed by atoms with Gasteiger partial charge >= 0.3 is 5.97 Å². The van der Waals surface area contributed by atoms with Crippen LogP contribution in [0.3, 0.4) is 0 Å². The highest BCUT2D eigenvalue weighted by Crippen LogP contribution is 2.36. The Labute approximate surface area is 196 Å². The first kappa shape index (κ1) is 23.4. The molecule has 1 saturated heterocycles. The number of rotatable bonds is 5. The number of morpholine rings is 1. The molecule has 0 bridgehead atoms. The first-order valence-corrected chi connectivity index (χ1v) is 12.6. The predicted octanol–water partition coefficient (Wildman–Crippen LogP) is 3.74. The highest BCUT2D eigenvalue weighted by Gasteiger charge is 2.32. The van der Waals surface area contributed by atoms with Gasteiger partial charge in [0.05, 0.1) is 29.9 Å². The highest BCUT2D eigenvalue weighted by atomic mass is 32.2. The zero-order valence-electron chi connectivity index (χ0n) is 18.4. The second-order valence-electron chi connectivity index (χ2n) is 7.85. The summed E-state index contributed by atoms with van der Waals surface area (Å²) in [5, 5.41) is 3.52. The zero-order valence-corrected chi connectivity index (χ0v) is 20.0. The van der Waals surface area contributed by atoms with E-state index in [1.807, 2.05) is 38.1 Å². The molecule has 0 unspecified atom stereocenters. The van der Waals surface area contributed by atoms with Crippen LogP contribution in [0.25, 0.3) is 10.1 Å². The molecule has 10 heteroatoms. The molecule has 1 aromatic heterocycles. The van der Waals surface area contributed by atoms with Crippen LogP contribution in [-0.2, 0) is 19.5 Å². The summed E-state index contributed by atoms with van der Waals surface area (Å²) in [6, 6.07) is 13.1. The summed E-state index contributed by atoms with van der Waals surface area (Å²) < 4.78 is 38.8. The van der Waals surface area contributed by atoms with E-state index in [0.29, 0.717) is 10.6 Å². The van der Waals surface area contributed by atoms with Gasteiger partial charge in [-0.05, 0) is 44.2 Å². The number of carbonyl (C=O) groups is 2. The van der Waals surface area contributed by atoms with Gasteiger partial charge in [0.15, 0.2) is 0 Å². The summed E-state index contributed by atoms with van der Waals surface area (Å²) in [7, 11) is -2.42. The molecule has 0 saturated carbocycles. The van der Waals surface area contributed by atoms with Crippen molar-refractivity contribution in [1.29, 1.82) is 0 Å². The van der Waals surface area contributed by atoms with E-state index in [9.17, 15) is 18.0 Å². The van der Waals surface area contributed by atoms with Crippen molar-refractivity contribution in [3.63, 3.8) is 0 Å². The predicted molar refractivity (Wildman–Crippen MR) is 126 cm³/mol. The number of benzene rings is 2. The number of sulfonamides is 1. The Morgan fingerprint density at radius 3 is 2.33 bits per heavy atom. The van der Waals surface area contributed by atoms with Crippen molar-refractivity contribution in [2.75, 3.05) is 25.5 Å². The normalized spacial score (nSPS) is 19.4. The van der Waals surface area contributed by atoms with E-state index in [1.165, 1.54) is 47.0 Å². The summed E-state index contributed by atoms with van der Waals surface area (Å²) in [4.78, 5) is 25.6. The molecular weight excluding hydrogens is 464 g/mol. The number of esters is 1. The molecule has 3 aromatic rings. The van der Waals surface area contributed by atoms with Crippen molar-refractivity contribution in [2.45, 2.75) is 31.0 Å². The Morgan fingerprint density at radius 1 is 1.06 bits per heavy atom. The Bertz CT molecular complexity index is 1290. The number of carbonyl (C=O) groups excluding carboxylic acids is 2. The molecule has 1 fully saturated rings. The Morgan fingerprint density at radius 2 is 1.70 bits per heavy atom. The molecule has 1 aliphatic heterocycles. The number of hydrogen-bond donors (Lipinski definition) is 1. The third-order valence-electron chi connectivity index (χ3n) is 5.35. The lowest BCUT2D eigenvalue weighted by Gasteiger charge is -2.34. The standard InChI is InChI=1S/C23H24N2O6S2/c1-14-12-25(13-15(2)31-14)33(28,29)17-10-8-16(9-11-17)22(26)24-20-18-6-4-5-7-19(18)32-21(20)23(27)30-3/h4-11,14-15H,12-13H2,1-3H3,(H,24,26)/t14-,15-/m0/s1. The Kier molecular flexibility index (Phi) is 6.53. The summed E-state index contributed by atoms with van der Waals surface area (Å²) in [6.45, 7) is 4.22. The third kappa shape index (κ3) is 4.65. The number of thiophene rings is 1. The molecule has 1 amide bonds. The molecule has 0 aliphatic carbocycles. The molecule has 4 rings (SSSR count). The second-order valence-corrected chi connectivity index (χ2v) is 10.8. The van der Waals surface area contributed by atoms with Gasteiger partial charge in [-0.25, -0.2) is 13.2 Å². The molecule has 33 heavy (non-hydrogen) atoms. The van der Waals surface area contributed by atoms with Crippen LogP contribution in [0.2, 0.25) is 0 Å². The molecule has 0 spiro atoms. The topological polar surface area (TPSA) is 102 Å². The van der Waals surface area contributed by atoms with Crippen LogP contribution < -0.4 is 5.32 Å². The van der Waals surface area contributed by atoms with E-state index in [2.05, 4.69) is 5.32 Å². The van der Waals surface area contributed by atoms with Crippen LogP contribution >= 0.6 is 11.3 Å². The zero-order chi connectivity index (χ0) is 23.8. The minimum absolute atomic E-state index is 0.108. The average Bonchev–Trinajstić information content (AvgIpc) is 3.16. The van der Waals surface area contributed by atoms with Gasteiger partial charge in [0.1, 0.15) is 4.88 Å². The molecule has 174 valence electrons. The monoisotopic (exact) mass is 488 g/mol. The van der Waals surface area contributed by atoms with Gasteiger partial charge in [-0.2, -0.15) is 4.31 Å². The second kappa shape index (κ2) is 9.22. The fourth-order valence-electron chi connectivity index (χ4n) is 3.85. The maximum Gasteiger partial charge on any atom is 0.350 e. The molecule has 1 N–H and O–H groups in total. The van der Waals surface area contributed by atoms with Crippen molar-refractivity contribution in [3.05, 3.63) is 59.0 Å². The lowest BCUT2D eigenvalue weighted by atomic mass is 10.2. The fraction of sp³-hybridized carbons (Fsp3) is 0.304. The maximum absolute atomic E-state index is 13.0. The molecule has 0 radical (unpaired) electrons. The van der Waals surface area contributed by atoms with E-state index in [0.717, 1.165) is 10.1 Å². The number of amides is 1. The van der Waals surface area contributed by atoms with E-state index in [-0.39, 0.29) is 35.8 Å². The number of nitrogens with zero attached hydrogens (tertiary/aromatic N) is 1. The van der Waals surface area contributed by atoms with E-state index in [1.54, 1.807) is 0 Å². The van der Waals surface area contributed by atoms with Crippen LogP contribution in [0, 0.1) is 0 Å². The van der Waals surface area contributed by atoms with Crippen molar-refractivity contribution < 1.29 is 27.5 Å². The summed E-state index contributed by atoms with van der Waals surface area (Å²) in [5.41, 5.74) is 0.643.